The molecule has 1 aromatic rings. The third-order valence-electron chi connectivity index (χ3n) is 1.34. The van der Waals surface area contributed by atoms with Crippen molar-refractivity contribution in [3.05, 3.63) is 47.3 Å². The lowest BCUT2D eigenvalue weighted by atomic mass is 10.2. The van der Waals surface area contributed by atoms with Gasteiger partial charge < -0.3 is 0 Å². The summed E-state index contributed by atoms with van der Waals surface area (Å²) < 4.78 is 14.7. The summed E-state index contributed by atoms with van der Waals surface area (Å²) in [5, 5.41) is 0. The molecule has 4 heteroatoms. The molecule has 0 radical (unpaired) electrons. The SMILES string of the molecule is [C-]#[N+]C(OP=O)c1ccccc1. The second-order valence-electron chi connectivity index (χ2n) is 2.07. The molecule has 0 heterocycles. The molecule has 60 valence electrons. The van der Waals surface area contributed by atoms with Crippen molar-refractivity contribution in [3.8, 4) is 0 Å². The Labute approximate surface area is 72.1 Å². The highest BCUT2D eigenvalue weighted by Gasteiger charge is 2.14. The molecule has 1 atom stereocenters. The van der Waals surface area contributed by atoms with Crippen LogP contribution in [-0.4, -0.2) is 0 Å². The van der Waals surface area contributed by atoms with Crippen molar-refractivity contribution in [3.63, 3.8) is 0 Å². The Morgan fingerprint density at radius 2 is 2.08 bits per heavy atom. The molecule has 0 aliphatic heterocycles. The number of benzene rings is 1. The molecule has 0 fully saturated rings. The van der Waals surface area contributed by atoms with Gasteiger partial charge in [-0.15, -0.1) is 0 Å². The summed E-state index contributed by atoms with van der Waals surface area (Å²) in [5.74, 6) is 0. The van der Waals surface area contributed by atoms with E-state index in [1.807, 2.05) is 6.07 Å². The first-order valence-corrected chi connectivity index (χ1v) is 4.01. The van der Waals surface area contributed by atoms with Crippen LogP contribution in [0.15, 0.2) is 30.3 Å². The summed E-state index contributed by atoms with van der Waals surface area (Å²) in [5.41, 5.74) is 0.718. The molecule has 0 bridgehead atoms. The fourth-order valence-corrected chi connectivity index (χ4v) is 1.07. The minimum absolute atomic E-state index is 0.464. The Kier molecular flexibility index (Phi) is 3.40. The third-order valence-corrected chi connectivity index (χ3v) is 1.63. The molecule has 1 unspecified atom stereocenters. The normalized spacial score (nSPS) is 12.2. The quantitative estimate of drug-likeness (QED) is 0.527. The van der Waals surface area contributed by atoms with E-state index in [-0.39, 0.29) is 0 Å². The zero-order valence-corrected chi connectivity index (χ0v) is 7.07. The van der Waals surface area contributed by atoms with Crippen molar-refractivity contribution < 1.29 is 9.09 Å². The monoisotopic (exact) mass is 179 g/mol. The average molecular weight is 179 g/mol. The van der Waals surface area contributed by atoms with Gasteiger partial charge in [0.05, 0.1) is 5.56 Å². The minimum atomic E-state index is -0.759. The molecular formula is C8H6NO2P. The van der Waals surface area contributed by atoms with Crippen LogP contribution in [0.3, 0.4) is 0 Å². The second kappa shape index (κ2) is 4.61. The Balaban J connectivity index is 2.82. The molecule has 0 spiro atoms. The molecule has 0 saturated carbocycles. The van der Waals surface area contributed by atoms with Crippen LogP contribution in [0.1, 0.15) is 11.8 Å². The van der Waals surface area contributed by atoms with Gasteiger partial charge in [-0.1, -0.05) is 18.2 Å². The smallest absolute Gasteiger partial charge is 0.277 e. The predicted molar refractivity (Wildman–Crippen MR) is 44.5 cm³/mol. The van der Waals surface area contributed by atoms with E-state index in [0.29, 0.717) is 0 Å². The van der Waals surface area contributed by atoms with Crippen LogP contribution in [0.25, 0.3) is 4.85 Å². The van der Waals surface area contributed by atoms with Gasteiger partial charge >= 0.3 is 14.9 Å². The Hall–Kier alpha value is -1.23. The van der Waals surface area contributed by atoms with Crippen molar-refractivity contribution in [2.75, 3.05) is 0 Å². The van der Waals surface area contributed by atoms with Crippen molar-refractivity contribution in [2.24, 2.45) is 0 Å². The highest BCUT2D eigenvalue weighted by Crippen LogP contribution is 2.22. The molecule has 3 nitrogen and oxygen atoms in total. The van der Waals surface area contributed by atoms with E-state index in [0.717, 1.165) is 5.56 Å². The highest BCUT2D eigenvalue weighted by atomic mass is 31.1. The molecule has 0 aromatic heterocycles. The zero-order valence-electron chi connectivity index (χ0n) is 6.18. The van der Waals surface area contributed by atoms with Gasteiger partial charge in [0.2, 0.25) is 0 Å². The lowest BCUT2D eigenvalue weighted by Crippen LogP contribution is -1.90. The van der Waals surface area contributed by atoms with E-state index >= 15 is 0 Å². The van der Waals surface area contributed by atoms with E-state index in [4.69, 9.17) is 6.57 Å². The van der Waals surface area contributed by atoms with E-state index < -0.39 is 14.9 Å². The van der Waals surface area contributed by atoms with Gasteiger partial charge in [-0.2, -0.15) is 0 Å². The van der Waals surface area contributed by atoms with Crippen LogP contribution in [-0.2, 0) is 9.09 Å². The van der Waals surface area contributed by atoms with Gasteiger partial charge in [-0.3, -0.25) is 4.85 Å². The molecule has 0 amide bonds. The number of hydrogen-bond donors (Lipinski definition) is 0. The molecule has 0 aliphatic rings. The first-order valence-electron chi connectivity index (χ1n) is 3.28. The first kappa shape index (κ1) is 8.86. The van der Waals surface area contributed by atoms with Gasteiger partial charge in [0.1, 0.15) is 0 Å². The fourth-order valence-electron chi connectivity index (χ4n) is 0.817. The van der Waals surface area contributed by atoms with Crippen LogP contribution >= 0.6 is 8.69 Å². The predicted octanol–water partition coefficient (Wildman–Crippen LogP) is 2.83. The van der Waals surface area contributed by atoms with Gasteiger partial charge in [-0.25, -0.2) is 15.7 Å². The number of rotatable bonds is 3. The first-order chi connectivity index (χ1) is 5.88. The topological polar surface area (TPSA) is 30.7 Å². The summed E-state index contributed by atoms with van der Waals surface area (Å²) in [6, 6.07) is 8.97. The van der Waals surface area contributed by atoms with Gasteiger partial charge in [-0.05, 0) is 12.1 Å². The van der Waals surface area contributed by atoms with E-state index in [1.54, 1.807) is 24.3 Å². The van der Waals surface area contributed by atoms with Crippen LogP contribution in [0, 0.1) is 6.57 Å². The standard InChI is InChI=1S/C8H6NO2P/c1-9-8(11-12-10)7-5-3-2-4-6-7/h2-6,8H. The largest absolute Gasteiger partial charge is 0.364 e. The summed E-state index contributed by atoms with van der Waals surface area (Å²) in [7, 11) is -0.464. The van der Waals surface area contributed by atoms with Gasteiger partial charge in [0.25, 0.3) is 0 Å². The van der Waals surface area contributed by atoms with Crippen molar-refractivity contribution in [1.82, 2.24) is 0 Å². The lowest BCUT2D eigenvalue weighted by molar-refractivity contribution is 0.278. The van der Waals surface area contributed by atoms with Crippen LogP contribution in [0.4, 0.5) is 0 Å². The molecule has 0 aliphatic carbocycles. The summed E-state index contributed by atoms with van der Waals surface area (Å²) >= 11 is 0. The minimum Gasteiger partial charge on any atom is -0.277 e. The lowest BCUT2D eigenvalue weighted by Gasteiger charge is -1.99. The maximum atomic E-state index is 10.1. The van der Waals surface area contributed by atoms with E-state index in [9.17, 15) is 4.57 Å². The fraction of sp³-hybridized carbons (Fsp3) is 0.125. The zero-order chi connectivity index (χ0) is 8.81. The molecular weight excluding hydrogens is 173 g/mol. The molecule has 1 aromatic carbocycles. The van der Waals surface area contributed by atoms with Crippen LogP contribution < -0.4 is 0 Å². The summed E-state index contributed by atoms with van der Waals surface area (Å²) in [4.78, 5) is 3.17. The van der Waals surface area contributed by atoms with Crippen molar-refractivity contribution in [1.29, 1.82) is 0 Å². The maximum absolute atomic E-state index is 10.1. The molecule has 0 N–H and O–H groups in total. The molecule has 12 heavy (non-hydrogen) atoms. The number of nitrogens with zero attached hydrogens (tertiary/aromatic N) is 1. The molecule has 0 saturated heterocycles. The Bertz CT molecular complexity index is 294. The van der Waals surface area contributed by atoms with E-state index in [1.165, 1.54) is 0 Å². The summed E-state index contributed by atoms with van der Waals surface area (Å²) in [6.45, 7) is 6.76. The second-order valence-corrected chi connectivity index (χ2v) is 2.43. The molecule has 1 rings (SSSR count). The Morgan fingerprint density at radius 1 is 1.42 bits per heavy atom. The third kappa shape index (κ3) is 2.13. The maximum Gasteiger partial charge on any atom is 0.364 e. The van der Waals surface area contributed by atoms with E-state index in [2.05, 4.69) is 9.37 Å². The average Bonchev–Trinajstić information content (AvgIpc) is 2.15. The van der Waals surface area contributed by atoms with Crippen LogP contribution in [0.5, 0.6) is 0 Å². The van der Waals surface area contributed by atoms with Crippen LogP contribution in [0.2, 0.25) is 0 Å². The summed E-state index contributed by atoms with van der Waals surface area (Å²) in [6.07, 6.45) is -0.759. The highest BCUT2D eigenvalue weighted by molar-refractivity contribution is 7.17. The Morgan fingerprint density at radius 3 is 2.58 bits per heavy atom. The van der Waals surface area contributed by atoms with Gasteiger partial charge in [0.15, 0.2) is 0 Å². The number of hydrogen-bond acceptors (Lipinski definition) is 2. The van der Waals surface area contributed by atoms with Crippen molar-refractivity contribution in [2.45, 2.75) is 6.23 Å². The van der Waals surface area contributed by atoms with Gasteiger partial charge in [0, 0.05) is 0 Å². The van der Waals surface area contributed by atoms with Crippen molar-refractivity contribution >= 4 is 8.69 Å².